The zero-order valence-corrected chi connectivity index (χ0v) is 33.3. The van der Waals surface area contributed by atoms with Crippen molar-refractivity contribution >= 4 is 57.6 Å². The molecule has 4 heterocycles. The number of anilines is 3. The van der Waals surface area contributed by atoms with Gasteiger partial charge in [0.05, 0.1) is 30.8 Å². The van der Waals surface area contributed by atoms with Crippen LogP contribution in [0.2, 0.25) is 0 Å². The van der Waals surface area contributed by atoms with Crippen molar-refractivity contribution in [2.24, 2.45) is 0 Å². The Kier molecular flexibility index (Phi) is 11.8. The van der Waals surface area contributed by atoms with E-state index in [9.17, 15) is 37.1 Å². The van der Waals surface area contributed by atoms with Crippen LogP contribution in [0.25, 0.3) is 10.9 Å². The molecular formula is C42H45F3N8O7. The first kappa shape index (κ1) is 41.7. The molecule has 0 bridgehead atoms. The fourth-order valence-electron chi connectivity index (χ4n) is 7.86. The van der Waals surface area contributed by atoms with Crippen LogP contribution in [0.3, 0.4) is 0 Å². The number of fused-ring (bicyclic) bond motifs is 2. The number of aryl methyl sites for hydroxylation is 1. The number of alkyl halides is 3. The van der Waals surface area contributed by atoms with Crippen LogP contribution in [-0.4, -0.2) is 81.6 Å². The molecule has 2 fully saturated rings. The van der Waals surface area contributed by atoms with Crippen LogP contribution < -0.4 is 31.2 Å². The standard InChI is InChI=1S/C42H45F3N8O7/c1-22(24-15-25(42(43,44)45)17-26(46)16-24)47-39-29-18-35(34(59-3)19-32(29)48-23(2)49-39)60-27-13-14-52(20-27)38(56)10-5-4-9-36(54)50-31-8-6-7-28-30(31)21-53(41(28)58)33-11-12-37(55)51-40(33)57/h6-8,15-19,22,27,33H,4-5,9-14,20-21,46H2,1-3H3,(H,50,54)(H,47,48,49)(H,51,55,57)/t22-,27+,33?/m1/s1. The Hall–Kier alpha value is -6.46. The van der Waals surface area contributed by atoms with Gasteiger partial charge in [-0.2, -0.15) is 13.2 Å². The van der Waals surface area contributed by atoms with Gasteiger partial charge in [-0.3, -0.25) is 29.3 Å². The lowest BCUT2D eigenvalue weighted by Gasteiger charge is -2.29. The van der Waals surface area contributed by atoms with Crippen molar-refractivity contribution in [3.05, 3.63) is 76.6 Å². The normalized spacial score (nSPS) is 18.3. The number of piperidine rings is 1. The van der Waals surface area contributed by atoms with E-state index in [0.29, 0.717) is 88.8 Å². The smallest absolute Gasteiger partial charge is 0.416 e. The van der Waals surface area contributed by atoms with Gasteiger partial charge in [0.15, 0.2) is 11.5 Å². The Balaban J connectivity index is 0.920. The summed E-state index contributed by atoms with van der Waals surface area (Å²) in [5, 5.41) is 8.93. The number of benzene rings is 3. The minimum atomic E-state index is -4.56. The average molecular weight is 831 g/mol. The molecule has 60 heavy (non-hydrogen) atoms. The van der Waals surface area contributed by atoms with Crippen molar-refractivity contribution in [3.8, 4) is 11.5 Å². The molecule has 3 atom stereocenters. The molecule has 0 aliphatic carbocycles. The Morgan fingerprint density at radius 2 is 1.82 bits per heavy atom. The van der Waals surface area contributed by atoms with Crippen molar-refractivity contribution < 1.29 is 46.6 Å². The van der Waals surface area contributed by atoms with E-state index in [0.717, 1.165) is 12.1 Å². The summed E-state index contributed by atoms with van der Waals surface area (Å²) in [6.07, 6.45) is -2.67. The summed E-state index contributed by atoms with van der Waals surface area (Å²) in [4.78, 5) is 75.5. The SMILES string of the molecule is COc1cc2nc(C)nc(N[C@H](C)c3cc(N)cc(C(F)(F)F)c3)c2cc1O[C@H]1CCN(C(=O)CCCCC(=O)Nc2cccc3c2CN(C2CCC(=O)NC2=O)C3=O)C1. The molecule has 3 aliphatic rings. The molecule has 2 saturated heterocycles. The van der Waals surface area contributed by atoms with Gasteiger partial charge >= 0.3 is 6.18 Å². The number of nitrogen functional groups attached to an aromatic ring is 1. The highest BCUT2D eigenvalue weighted by atomic mass is 19.4. The summed E-state index contributed by atoms with van der Waals surface area (Å²) in [5.74, 6) is 0.0571. The zero-order chi connectivity index (χ0) is 42.9. The molecule has 0 radical (unpaired) electrons. The van der Waals surface area contributed by atoms with Gasteiger partial charge in [-0.05, 0) is 75.1 Å². The number of carbonyl (C=O) groups is 5. The predicted octanol–water partition coefficient (Wildman–Crippen LogP) is 5.66. The second kappa shape index (κ2) is 17.0. The van der Waals surface area contributed by atoms with Crippen molar-refractivity contribution in [1.82, 2.24) is 25.1 Å². The number of aromatic nitrogens is 2. The van der Waals surface area contributed by atoms with E-state index in [4.69, 9.17) is 15.2 Å². The average Bonchev–Trinajstić information content (AvgIpc) is 3.80. The number of carbonyl (C=O) groups excluding carboxylic acids is 5. The highest BCUT2D eigenvalue weighted by Crippen LogP contribution is 2.38. The molecule has 1 aromatic heterocycles. The maximum Gasteiger partial charge on any atom is 0.416 e. The summed E-state index contributed by atoms with van der Waals surface area (Å²) in [5.41, 5.74) is 7.30. The minimum Gasteiger partial charge on any atom is -0.493 e. The van der Waals surface area contributed by atoms with Crippen molar-refractivity contribution in [2.45, 2.75) is 89.7 Å². The van der Waals surface area contributed by atoms with Crippen LogP contribution in [0.4, 0.5) is 30.4 Å². The first-order valence-electron chi connectivity index (χ1n) is 19.7. The number of likely N-dealkylation sites (tertiary alicyclic amines) is 1. The van der Waals surface area contributed by atoms with Crippen molar-refractivity contribution in [3.63, 3.8) is 0 Å². The third kappa shape index (κ3) is 9.06. The van der Waals surface area contributed by atoms with E-state index in [-0.39, 0.29) is 67.6 Å². The molecule has 1 unspecified atom stereocenters. The van der Waals surface area contributed by atoms with Crippen LogP contribution in [0.15, 0.2) is 48.5 Å². The number of halogens is 3. The monoisotopic (exact) mass is 830 g/mol. The summed E-state index contributed by atoms with van der Waals surface area (Å²) in [7, 11) is 1.50. The summed E-state index contributed by atoms with van der Waals surface area (Å²) in [6, 6.07) is 10.5. The van der Waals surface area contributed by atoms with Gasteiger partial charge in [0.1, 0.15) is 23.8 Å². The van der Waals surface area contributed by atoms with Crippen LogP contribution in [0.1, 0.15) is 90.8 Å². The molecular weight excluding hydrogens is 786 g/mol. The largest absolute Gasteiger partial charge is 0.493 e. The lowest BCUT2D eigenvalue weighted by atomic mass is 10.0. The molecule has 0 spiro atoms. The molecule has 15 nitrogen and oxygen atoms in total. The van der Waals surface area contributed by atoms with Gasteiger partial charge in [-0.15, -0.1) is 0 Å². The molecule has 5 amide bonds. The van der Waals surface area contributed by atoms with E-state index >= 15 is 0 Å². The van der Waals surface area contributed by atoms with E-state index in [2.05, 4.69) is 25.9 Å². The molecule has 7 rings (SSSR count). The van der Waals surface area contributed by atoms with Crippen LogP contribution in [0, 0.1) is 6.92 Å². The van der Waals surface area contributed by atoms with E-state index in [1.54, 1.807) is 49.1 Å². The summed E-state index contributed by atoms with van der Waals surface area (Å²) < 4.78 is 52.6. The molecule has 18 heteroatoms. The van der Waals surface area contributed by atoms with Gasteiger partial charge in [-0.25, -0.2) is 9.97 Å². The van der Waals surface area contributed by atoms with Gasteiger partial charge < -0.3 is 35.6 Å². The first-order chi connectivity index (χ1) is 28.6. The topological polar surface area (TPSA) is 198 Å². The van der Waals surface area contributed by atoms with Gasteiger partial charge in [-0.1, -0.05) is 6.07 Å². The number of hydrogen-bond acceptors (Lipinski definition) is 11. The van der Waals surface area contributed by atoms with Crippen LogP contribution in [-0.2, 0) is 31.9 Å². The van der Waals surface area contributed by atoms with Gasteiger partial charge in [0, 0.05) is 72.7 Å². The quantitative estimate of drug-likeness (QED) is 0.0737. The lowest BCUT2D eigenvalue weighted by Crippen LogP contribution is -2.52. The maximum absolute atomic E-state index is 13.5. The zero-order valence-electron chi connectivity index (χ0n) is 33.3. The fourth-order valence-corrected chi connectivity index (χ4v) is 7.86. The van der Waals surface area contributed by atoms with E-state index in [1.165, 1.54) is 18.1 Å². The highest BCUT2D eigenvalue weighted by Gasteiger charge is 2.40. The number of nitrogens with two attached hydrogens (primary N) is 1. The Morgan fingerprint density at radius 1 is 1.03 bits per heavy atom. The van der Waals surface area contributed by atoms with Gasteiger partial charge in [0.2, 0.25) is 23.6 Å². The number of ether oxygens (including phenoxy) is 2. The number of nitrogens with zero attached hydrogens (tertiary/aromatic N) is 4. The van der Waals surface area contributed by atoms with Crippen molar-refractivity contribution in [1.29, 1.82) is 0 Å². The Morgan fingerprint density at radius 3 is 2.57 bits per heavy atom. The number of unbranched alkanes of at least 4 members (excludes halogenated alkanes) is 1. The minimum absolute atomic E-state index is 0.0139. The molecule has 3 aromatic carbocycles. The number of imide groups is 1. The lowest BCUT2D eigenvalue weighted by molar-refractivity contribution is -0.138. The summed E-state index contributed by atoms with van der Waals surface area (Å²) in [6.45, 7) is 4.35. The first-order valence-corrected chi connectivity index (χ1v) is 19.7. The molecule has 4 aromatic rings. The Bertz CT molecular complexity index is 2370. The van der Waals surface area contributed by atoms with Crippen LogP contribution in [0.5, 0.6) is 11.5 Å². The third-order valence-electron chi connectivity index (χ3n) is 10.9. The number of hydrogen-bond donors (Lipinski definition) is 4. The summed E-state index contributed by atoms with van der Waals surface area (Å²) >= 11 is 0. The van der Waals surface area contributed by atoms with Crippen molar-refractivity contribution in [2.75, 3.05) is 36.6 Å². The molecule has 5 N–H and O–H groups in total. The second-order valence-corrected chi connectivity index (χ2v) is 15.2. The Labute approximate surface area is 343 Å². The predicted molar refractivity (Wildman–Crippen MR) is 214 cm³/mol. The molecule has 3 aliphatic heterocycles. The fraction of sp³-hybridized carbons (Fsp3) is 0.405. The maximum atomic E-state index is 13.5. The highest BCUT2D eigenvalue weighted by molar-refractivity contribution is 6.07. The van der Waals surface area contributed by atoms with Crippen LogP contribution >= 0.6 is 0 Å². The number of rotatable bonds is 13. The van der Waals surface area contributed by atoms with Gasteiger partial charge in [0.25, 0.3) is 5.91 Å². The van der Waals surface area contributed by atoms with E-state index < -0.39 is 29.7 Å². The van der Waals surface area contributed by atoms with E-state index in [1.807, 2.05) is 0 Å². The molecule has 0 saturated carbocycles. The number of methoxy groups -OCH3 is 1. The third-order valence-corrected chi connectivity index (χ3v) is 10.9. The second-order valence-electron chi connectivity index (χ2n) is 15.2. The number of amides is 5. The molecule has 316 valence electrons. The number of nitrogens with one attached hydrogen (secondary N) is 3.